The third-order valence-electron chi connectivity index (χ3n) is 3.62. The van der Waals surface area contributed by atoms with Crippen molar-refractivity contribution < 1.29 is 9.72 Å². The molecule has 0 spiro atoms. The van der Waals surface area contributed by atoms with Crippen molar-refractivity contribution in [2.75, 3.05) is 19.1 Å². The highest BCUT2D eigenvalue weighted by molar-refractivity contribution is 6.35. The van der Waals surface area contributed by atoms with E-state index in [0.29, 0.717) is 17.0 Å². The van der Waals surface area contributed by atoms with E-state index in [1.165, 1.54) is 29.3 Å². The van der Waals surface area contributed by atoms with Crippen LogP contribution in [0.1, 0.15) is 5.56 Å². The van der Waals surface area contributed by atoms with Crippen molar-refractivity contribution >= 4 is 23.0 Å². The largest absolute Gasteiger partial charge is 0.383 e. The molecule has 1 aliphatic heterocycles. The van der Waals surface area contributed by atoms with Gasteiger partial charge in [0.15, 0.2) is 0 Å². The van der Waals surface area contributed by atoms with Crippen LogP contribution in [-0.2, 0) is 4.79 Å². The Kier molecular flexibility index (Phi) is 4.30. The van der Waals surface area contributed by atoms with Crippen LogP contribution in [-0.4, -0.2) is 35.5 Å². The van der Waals surface area contributed by atoms with Gasteiger partial charge in [-0.05, 0) is 12.1 Å². The predicted octanol–water partition coefficient (Wildman–Crippen LogP) is 2.79. The summed E-state index contributed by atoms with van der Waals surface area (Å²) in [4.78, 5) is 24.9. The van der Waals surface area contributed by atoms with Gasteiger partial charge in [0.25, 0.3) is 11.6 Å². The van der Waals surface area contributed by atoms with Crippen molar-refractivity contribution in [2.45, 2.75) is 0 Å². The number of nitrogens with zero attached hydrogens (tertiary/aromatic N) is 4. The second-order valence-corrected chi connectivity index (χ2v) is 5.71. The van der Waals surface area contributed by atoms with Crippen molar-refractivity contribution in [1.82, 2.24) is 4.90 Å². The van der Waals surface area contributed by atoms with Gasteiger partial charge in [-0.15, -0.1) is 0 Å². The minimum Gasteiger partial charge on any atom is -0.383 e. The molecule has 126 valence electrons. The minimum absolute atomic E-state index is 0.0354. The summed E-state index contributed by atoms with van der Waals surface area (Å²) in [5.74, 6) is -0.276. The van der Waals surface area contributed by atoms with Gasteiger partial charge in [-0.3, -0.25) is 14.9 Å². The summed E-state index contributed by atoms with van der Waals surface area (Å²) in [6.07, 6.45) is 1.72. The van der Waals surface area contributed by atoms with Crippen LogP contribution in [0.3, 0.4) is 0 Å². The smallest absolute Gasteiger partial charge is 0.282 e. The summed E-state index contributed by atoms with van der Waals surface area (Å²) in [5.41, 5.74) is 2.30. The van der Waals surface area contributed by atoms with Crippen molar-refractivity contribution in [3.63, 3.8) is 0 Å². The highest BCUT2D eigenvalue weighted by Crippen LogP contribution is 2.27. The van der Waals surface area contributed by atoms with E-state index < -0.39 is 4.92 Å². The monoisotopic (exact) mass is 336 g/mol. The van der Waals surface area contributed by atoms with E-state index in [0.717, 1.165) is 5.56 Å². The molecule has 0 N–H and O–H groups in total. The zero-order valence-corrected chi connectivity index (χ0v) is 13.8. The second-order valence-electron chi connectivity index (χ2n) is 5.71. The topological polar surface area (TPSA) is 79.0 Å². The van der Waals surface area contributed by atoms with E-state index in [2.05, 4.69) is 5.10 Å². The lowest BCUT2D eigenvalue weighted by Crippen LogP contribution is -2.22. The number of rotatable bonds is 4. The van der Waals surface area contributed by atoms with Gasteiger partial charge in [-0.1, -0.05) is 30.3 Å². The van der Waals surface area contributed by atoms with E-state index in [1.807, 2.05) is 44.4 Å². The van der Waals surface area contributed by atoms with Gasteiger partial charge in [0, 0.05) is 38.0 Å². The Hall–Kier alpha value is -3.48. The number of amides is 1. The van der Waals surface area contributed by atoms with Crippen molar-refractivity contribution in [2.24, 2.45) is 5.10 Å². The highest BCUT2D eigenvalue weighted by Gasteiger charge is 2.32. The average Bonchev–Trinajstić information content (AvgIpc) is 2.92. The molecule has 1 amide bonds. The van der Waals surface area contributed by atoms with Crippen LogP contribution < -0.4 is 5.01 Å². The first kappa shape index (κ1) is 16.4. The van der Waals surface area contributed by atoms with E-state index in [1.54, 1.807) is 11.1 Å². The number of hydrazone groups is 1. The summed E-state index contributed by atoms with van der Waals surface area (Å²) < 4.78 is 0. The van der Waals surface area contributed by atoms with E-state index in [9.17, 15) is 14.9 Å². The van der Waals surface area contributed by atoms with Gasteiger partial charge in [0.05, 0.1) is 16.2 Å². The first-order valence-electron chi connectivity index (χ1n) is 7.59. The zero-order chi connectivity index (χ0) is 18.0. The molecule has 0 saturated heterocycles. The quantitative estimate of drug-likeness (QED) is 0.488. The number of benzene rings is 2. The molecular formula is C18H16N4O3. The number of carbonyl (C=O) groups excluding carboxylic acids is 1. The summed E-state index contributed by atoms with van der Waals surface area (Å²) in [5, 5.41) is 16.5. The standard InChI is InChI=1S/C18H16N4O3/c1-20(2)12-16-17(13-6-4-3-5-7-13)19-21(18(16)23)14-8-10-15(11-9-14)22(24)25/h3-12H,1-2H3/b16-12-. The zero-order valence-electron chi connectivity index (χ0n) is 13.8. The van der Waals surface area contributed by atoms with Crippen molar-refractivity contribution in [3.8, 4) is 0 Å². The number of carbonyl (C=O) groups is 1. The molecule has 0 bridgehead atoms. The lowest BCUT2D eigenvalue weighted by atomic mass is 10.0. The molecular weight excluding hydrogens is 320 g/mol. The number of hydrogen-bond acceptors (Lipinski definition) is 5. The third kappa shape index (κ3) is 3.25. The van der Waals surface area contributed by atoms with Gasteiger partial charge in [0.2, 0.25) is 0 Å². The van der Waals surface area contributed by atoms with E-state index >= 15 is 0 Å². The maximum absolute atomic E-state index is 12.8. The van der Waals surface area contributed by atoms with Crippen LogP contribution in [0.4, 0.5) is 11.4 Å². The van der Waals surface area contributed by atoms with Crippen LogP contribution in [0.25, 0.3) is 0 Å². The predicted molar refractivity (Wildman–Crippen MR) is 95.3 cm³/mol. The van der Waals surface area contributed by atoms with Crippen LogP contribution >= 0.6 is 0 Å². The lowest BCUT2D eigenvalue weighted by Gasteiger charge is -2.12. The molecule has 7 heteroatoms. The van der Waals surface area contributed by atoms with E-state index in [4.69, 9.17) is 0 Å². The minimum atomic E-state index is -0.481. The Morgan fingerprint density at radius 3 is 2.28 bits per heavy atom. The van der Waals surface area contributed by atoms with Gasteiger partial charge in [-0.25, -0.2) is 0 Å². The number of anilines is 1. The SMILES string of the molecule is CN(C)/C=C1\C(=O)N(c2ccc([N+](=O)[O-])cc2)N=C1c1ccccc1. The molecule has 0 fully saturated rings. The molecule has 0 unspecified atom stereocenters. The number of nitro groups is 1. The highest BCUT2D eigenvalue weighted by atomic mass is 16.6. The van der Waals surface area contributed by atoms with Gasteiger partial charge in [-0.2, -0.15) is 10.1 Å². The first-order chi connectivity index (χ1) is 12.0. The normalized spacial score (nSPS) is 15.4. The number of nitro benzene ring substituents is 1. The van der Waals surface area contributed by atoms with Crippen molar-refractivity contribution in [3.05, 3.63) is 82.0 Å². The number of hydrogen-bond donors (Lipinski definition) is 0. The molecule has 0 atom stereocenters. The van der Waals surface area contributed by atoms with Gasteiger partial charge < -0.3 is 4.90 Å². The Balaban J connectivity index is 2.04. The number of non-ortho nitro benzene ring substituents is 1. The molecule has 25 heavy (non-hydrogen) atoms. The third-order valence-corrected chi connectivity index (χ3v) is 3.62. The fourth-order valence-corrected chi connectivity index (χ4v) is 2.49. The van der Waals surface area contributed by atoms with Crippen LogP contribution in [0.15, 0.2) is 71.5 Å². The molecule has 7 nitrogen and oxygen atoms in total. The lowest BCUT2D eigenvalue weighted by molar-refractivity contribution is -0.384. The maximum atomic E-state index is 12.8. The molecule has 2 aromatic carbocycles. The van der Waals surface area contributed by atoms with Crippen LogP contribution in [0.5, 0.6) is 0 Å². The summed E-state index contributed by atoms with van der Waals surface area (Å²) in [6, 6.07) is 15.2. The summed E-state index contributed by atoms with van der Waals surface area (Å²) in [6.45, 7) is 0. The molecule has 3 rings (SSSR count). The first-order valence-corrected chi connectivity index (χ1v) is 7.59. The molecule has 2 aromatic rings. The molecule has 0 aliphatic carbocycles. The van der Waals surface area contributed by atoms with E-state index in [-0.39, 0.29) is 11.6 Å². The molecule has 0 saturated carbocycles. The van der Waals surface area contributed by atoms with Crippen LogP contribution in [0.2, 0.25) is 0 Å². The second kappa shape index (κ2) is 6.56. The van der Waals surface area contributed by atoms with Crippen LogP contribution in [0, 0.1) is 10.1 Å². The molecule has 0 aromatic heterocycles. The average molecular weight is 336 g/mol. The summed E-state index contributed by atoms with van der Waals surface area (Å²) >= 11 is 0. The Morgan fingerprint density at radius 2 is 1.72 bits per heavy atom. The Labute approximate surface area is 144 Å². The maximum Gasteiger partial charge on any atom is 0.282 e. The Morgan fingerprint density at radius 1 is 1.08 bits per heavy atom. The van der Waals surface area contributed by atoms with Crippen molar-refractivity contribution in [1.29, 1.82) is 0 Å². The fourth-order valence-electron chi connectivity index (χ4n) is 2.49. The molecule has 0 radical (unpaired) electrons. The fraction of sp³-hybridized carbons (Fsp3) is 0.111. The Bertz CT molecular complexity index is 871. The van der Waals surface area contributed by atoms with Gasteiger partial charge in [0.1, 0.15) is 5.71 Å². The molecule has 1 aliphatic rings. The summed E-state index contributed by atoms with van der Waals surface area (Å²) in [7, 11) is 3.66. The van der Waals surface area contributed by atoms with Gasteiger partial charge >= 0.3 is 0 Å². The molecule has 1 heterocycles.